The Balaban J connectivity index is 2.09. The zero-order chi connectivity index (χ0) is 15.6. The first-order valence-corrected chi connectivity index (χ1v) is 7.07. The fraction of sp³-hybridized carbons (Fsp3) is 0.600. The lowest BCUT2D eigenvalue weighted by Gasteiger charge is -2.21. The van der Waals surface area contributed by atoms with Gasteiger partial charge in [0.05, 0.1) is 18.0 Å². The number of halogens is 1. The number of anilines is 1. The number of ether oxygens (including phenoxy) is 2. The molecular formula is C15H21FN2O3. The minimum absolute atomic E-state index is 0.0106. The molecule has 1 aromatic heterocycles. The van der Waals surface area contributed by atoms with Gasteiger partial charge in [-0.2, -0.15) is 4.39 Å². The number of hydrogen-bond donors (Lipinski definition) is 1. The summed E-state index contributed by atoms with van der Waals surface area (Å²) in [6.45, 7) is 7.23. The quantitative estimate of drug-likeness (QED) is 0.860. The Labute approximate surface area is 123 Å². The van der Waals surface area contributed by atoms with E-state index in [1.807, 2.05) is 6.92 Å². The molecule has 0 bridgehead atoms. The van der Waals surface area contributed by atoms with Crippen LogP contribution in [0.5, 0.6) is 5.75 Å². The highest BCUT2D eigenvalue weighted by Gasteiger charge is 2.30. The minimum Gasteiger partial charge on any atom is -0.487 e. The standard InChI is InChI=1S/C15H21FN2O3/c1-9(10-5-6-10)20-12-8-17-13(16)7-11(12)18-14(19)21-15(2,3)4/h7-10H,5-6H2,1-4H3,(H,17,18,19). The van der Waals surface area contributed by atoms with Crippen molar-refractivity contribution in [3.8, 4) is 5.75 Å². The van der Waals surface area contributed by atoms with E-state index in [1.165, 1.54) is 6.20 Å². The summed E-state index contributed by atoms with van der Waals surface area (Å²) >= 11 is 0. The Morgan fingerprint density at radius 2 is 2.14 bits per heavy atom. The molecule has 5 nitrogen and oxygen atoms in total. The second kappa shape index (κ2) is 5.87. The highest BCUT2D eigenvalue weighted by atomic mass is 19.1. The van der Waals surface area contributed by atoms with Crippen LogP contribution in [0.25, 0.3) is 0 Å². The summed E-state index contributed by atoms with van der Waals surface area (Å²) in [6, 6.07) is 1.12. The maximum Gasteiger partial charge on any atom is 0.412 e. The van der Waals surface area contributed by atoms with Gasteiger partial charge in [-0.05, 0) is 46.5 Å². The molecule has 2 rings (SSSR count). The molecule has 1 heterocycles. The molecule has 0 radical (unpaired) electrons. The van der Waals surface area contributed by atoms with Gasteiger partial charge in [-0.25, -0.2) is 9.78 Å². The first-order chi connectivity index (χ1) is 9.74. The monoisotopic (exact) mass is 296 g/mol. The molecule has 1 saturated carbocycles. The van der Waals surface area contributed by atoms with Crippen LogP contribution in [0.1, 0.15) is 40.5 Å². The van der Waals surface area contributed by atoms with Crippen molar-refractivity contribution in [1.82, 2.24) is 4.98 Å². The van der Waals surface area contributed by atoms with Gasteiger partial charge in [0.1, 0.15) is 5.60 Å². The largest absolute Gasteiger partial charge is 0.487 e. The van der Waals surface area contributed by atoms with Gasteiger partial charge >= 0.3 is 6.09 Å². The molecule has 21 heavy (non-hydrogen) atoms. The van der Waals surface area contributed by atoms with E-state index in [0.29, 0.717) is 11.7 Å². The number of carbonyl (C=O) groups is 1. The summed E-state index contributed by atoms with van der Waals surface area (Å²) in [7, 11) is 0. The van der Waals surface area contributed by atoms with Gasteiger partial charge < -0.3 is 9.47 Å². The first-order valence-electron chi connectivity index (χ1n) is 7.07. The van der Waals surface area contributed by atoms with Gasteiger partial charge in [-0.3, -0.25) is 5.32 Å². The topological polar surface area (TPSA) is 60.5 Å². The minimum atomic E-state index is -0.688. The summed E-state index contributed by atoms with van der Waals surface area (Å²) in [5, 5.41) is 2.51. The third-order valence-corrected chi connectivity index (χ3v) is 3.07. The van der Waals surface area contributed by atoms with Crippen molar-refractivity contribution in [3.05, 3.63) is 18.2 Å². The van der Waals surface area contributed by atoms with E-state index < -0.39 is 17.6 Å². The van der Waals surface area contributed by atoms with E-state index >= 15 is 0 Å². The molecule has 6 heteroatoms. The Hall–Kier alpha value is -1.85. The molecule has 1 atom stereocenters. The Morgan fingerprint density at radius 1 is 1.48 bits per heavy atom. The number of nitrogens with one attached hydrogen (secondary N) is 1. The third kappa shape index (κ3) is 4.88. The zero-order valence-electron chi connectivity index (χ0n) is 12.8. The van der Waals surface area contributed by atoms with Crippen LogP contribution in [-0.2, 0) is 4.74 Å². The fourth-order valence-corrected chi connectivity index (χ4v) is 1.88. The van der Waals surface area contributed by atoms with Crippen LogP contribution in [0.4, 0.5) is 14.9 Å². The molecule has 1 aliphatic carbocycles. The van der Waals surface area contributed by atoms with E-state index in [2.05, 4.69) is 10.3 Å². The van der Waals surface area contributed by atoms with Crippen molar-refractivity contribution in [2.45, 2.75) is 52.2 Å². The molecule has 1 aliphatic rings. The lowest BCUT2D eigenvalue weighted by Crippen LogP contribution is -2.27. The molecule has 1 amide bonds. The molecule has 1 N–H and O–H groups in total. The van der Waals surface area contributed by atoms with Crippen LogP contribution in [-0.4, -0.2) is 22.8 Å². The maximum atomic E-state index is 13.3. The summed E-state index contributed by atoms with van der Waals surface area (Å²) in [6.07, 6.45) is 2.89. The molecule has 1 fully saturated rings. The highest BCUT2D eigenvalue weighted by molar-refractivity contribution is 5.86. The second-order valence-electron chi connectivity index (χ2n) is 6.29. The van der Waals surface area contributed by atoms with E-state index in [4.69, 9.17) is 9.47 Å². The van der Waals surface area contributed by atoms with Crippen LogP contribution in [0.2, 0.25) is 0 Å². The van der Waals surface area contributed by atoms with Crippen LogP contribution in [0.15, 0.2) is 12.3 Å². The Bertz CT molecular complexity index is 524. The number of pyridine rings is 1. The van der Waals surface area contributed by atoms with Gasteiger partial charge in [0, 0.05) is 6.07 Å². The van der Waals surface area contributed by atoms with Gasteiger partial charge in [-0.15, -0.1) is 0 Å². The molecule has 0 aromatic carbocycles. The van der Waals surface area contributed by atoms with Crippen molar-refractivity contribution in [2.75, 3.05) is 5.32 Å². The number of aromatic nitrogens is 1. The molecule has 116 valence electrons. The molecular weight excluding hydrogens is 275 g/mol. The predicted molar refractivity (Wildman–Crippen MR) is 76.9 cm³/mol. The highest BCUT2D eigenvalue weighted by Crippen LogP contribution is 2.36. The smallest absolute Gasteiger partial charge is 0.412 e. The average Bonchev–Trinajstić information content (AvgIpc) is 3.13. The molecule has 0 saturated heterocycles. The van der Waals surface area contributed by atoms with Crippen LogP contribution in [0.3, 0.4) is 0 Å². The fourth-order valence-electron chi connectivity index (χ4n) is 1.88. The van der Waals surface area contributed by atoms with Gasteiger partial charge in [-0.1, -0.05) is 0 Å². The van der Waals surface area contributed by atoms with Crippen molar-refractivity contribution >= 4 is 11.8 Å². The van der Waals surface area contributed by atoms with Crippen molar-refractivity contribution in [3.63, 3.8) is 0 Å². The summed E-state index contributed by atoms with van der Waals surface area (Å²) in [4.78, 5) is 15.4. The lowest BCUT2D eigenvalue weighted by molar-refractivity contribution is 0.0634. The summed E-state index contributed by atoms with van der Waals surface area (Å²) in [5.41, 5.74) is -0.401. The normalized spacial score (nSPS) is 16.2. The second-order valence-corrected chi connectivity index (χ2v) is 6.29. The van der Waals surface area contributed by atoms with E-state index in [9.17, 15) is 9.18 Å². The van der Waals surface area contributed by atoms with Crippen LogP contribution in [0, 0.1) is 11.9 Å². The van der Waals surface area contributed by atoms with Crippen LogP contribution < -0.4 is 10.1 Å². The van der Waals surface area contributed by atoms with Gasteiger partial charge in [0.2, 0.25) is 5.95 Å². The average molecular weight is 296 g/mol. The molecule has 1 aromatic rings. The Kier molecular flexibility index (Phi) is 4.34. The van der Waals surface area contributed by atoms with Crippen molar-refractivity contribution in [1.29, 1.82) is 0 Å². The summed E-state index contributed by atoms with van der Waals surface area (Å²) in [5.74, 6) is 0.179. The SMILES string of the molecule is CC(Oc1cnc(F)cc1NC(=O)OC(C)(C)C)C1CC1. The number of rotatable bonds is 4. The third-order valence-electron chi connectivity index (χ3n) is 3.07. The number of nitrogens with zero attached hydrogens (tertiary/aromatic N) is 1. The van der Waals surface area contributed by atoms with E-state index in [-0.39, 0.29) is 11.8 Å². The molecule has 0 aliphatic heterocycles. The van der Waals surface area contributed by atoms with Crippen molar-refractivity contribution in [2.24, 2.45) is 5.92 Å². The van der Waals surface area contributed by atoms with Crippen LogP contribution >= 0.6 is 0 Å². The number of carbonyl (C=O) groups excluding carboxylic acids is 1. The lowest BCUT2D eigenvalue weighted by atomic mass is 10.2. The Morgan fingerprint density at radius 3 is 2.71 bits per heavy atom. The number of hydrogen-bond acceptors (Lipinski definition) is 4. The van der Waals surface area contributed by atoms with Gasteiger partial charge in [0.15, 0.2) is 5.75 Å². The number of amides is 1. The summed E-state index contributed by atoms with van der Waals surface area (Å²) < 4.78 is 24.2. The molecule has 1 unspecified atom stereocenters. The van der Waals surface area contributed by atoms with E-state index in [0.717, 1.165) is 18.9 Å². The first kappa shape index (κ1) is 15.5. The van der Waals surface area contributed by atoms with Crippen molar-refractivity contribution < 1.29 is 18.7 Å². The maximum absolute atomic E-state index is 13.3. The zero-order valence-corrected chi connectivity index (χ0v) is 12.8. The molecule has 0 spiro atoms. The predicted octanol–water partition coefficient (Wildman–Crippen LogP) is 3.75. The van der Waals surface area contributed by atoms with E-state index in [1.54, 1.807) is 20.8 Å². The van der Waals surface area contributed by atoms with Gasteiger partial charge in [0.25, 0.3) is 0 Å².